The summed E-state index contributed by atoms with van der Waals surface area (Å²) in [5.41, 5.74) is 10.5. The summed E-state index contributed by atoms with van der Waals surface area (Å²) in [4.78, 5) is 5.23. The predicted octanol–water partition coefficient (Wildman–Crippen LogP) is 7.44. The van der Waals surface area contributed by atoms with Gasteiger partial charge in [0.25, 0.3) is 0 Å². The molecule has 0 bridgehead atoms. The molecular weight excluding hydrogens is 418 g/mol. The van der Waals surface area contributed by atoms with Gasteiger partial charge in [0.15, 0.2) is 0 Å². The van der Waals surface area contributed by atoms with Gasteiger partial charge in [-0.3, -0.25) is 0 Å². The molecule has 0 radical (unpaired) electrons. The first-order valence-electron chi connectivity index (χ1n) is 10.2. The average molecular weight is 438 g/mol. The molecule has 0 saturated heterocycles. The number of allylic oxidation sites excluding steroid dienone is 5. The number of halogens is 1. The Labute approximate surface area is 179 Å². The van der Waals surface area contributed by atoms with Crippen molar-refractivity contribution in [2.45, 2.75) is 24.7 Å². The van der Waals surface area contributed by atoms with Crippen molar-refractivity contribution >= 4 is 22.0 Å². The number of hydrogen-bond acceptors (Lipinski definition) is 1. The lowest BCUT2D eigenvalue weighted by Crippen LogP contribution is -2.20. The Bertz CT molecular complexity index is 1210. The van der Waals surface area contributed by atoms with Gasteiger partial charge in [0, 0.05) is 21.9 Å². The zero-order valence-corrected chi connectivity index (χ0v) is 17.6. The highest BCUT2D eigenvalue weighted by Crippen LogP contribution is 2.53. The molecule has 3 aromatic rings. The van der Waals surface area contributed by atoms with Crippen LogP contribution >= 0.6 is 15.9 Å². The van der Waals surface area contributed by atoms with E-state index in [1.165, 1.54) is 33.4 Å². The highest BCUT2D eigenvalue weighted by atomic mass is 79.9. The maximum absolute atomic E-state index is 5.23. The van der Waals surface area contributed by atoms with Gasteiger partial charge in [0.1, 0.15) is 0 Å². The van der Waals surface area contributed by atoms with E-state index >= 15 is 0 Å². The number of hydrogen-bond donors (Lipinski definition) is 0. The number of benzene rings is 2. The van der Waals surface area contributed by atoms with Gasteiger partial charge in [0.05, 0.1) is 11.4 Å². The molecule has 140 valence electrons. The van der Waals surface area contributed by atoms with Crippen molar-refractivity contribution in [2.75, 3.05) is 0 Å². The van der Waals surface area contributed by atoms with Gasteiger partial charge in [-0.1, -0.05) is 82.7 Å². The lowest BCUT2D eigenvalue weighted by molar-refractivity contribution is 0.714. The quantitative estimate of drug-likeness (QED) is 0.385. The fourth-order valence-corrected chi connectivity index (χ4v) is 5.39. The molecule has 1 heterocycles. The Morgan fingerprint density at radius 2 is 1.69 bits per heavy atom. The summed E-state index contributed by atoms with van der Waals surface area (Å²) in [7, 11) is 0. The molecule has 2 aromatic carbocycles. The first kappa shape index (κ1) is 17.2. The SMILES string of the molecule is Brc1ccc(-c2nc3c(c4c2C2C=CC=CC2c2ccccc2-4)CCC=C3)cc1. The van der Waals surface area contributed by atoms with Crippen LogP contribution in [0.3, 0.4) is 0 Å². The Morgan fingerprint density at radius 3 is 2.55 bits per heavy atom. The third kappa shape index (κ3) is 2.63. The van der Waals surface area contributed by atoms with E-state index in [4.69, 9.17) is 4.98 Å². The largest absolute Gasteiger partial charge is 0.248 e. The second kappa shape index (κ2) is 6.67. The summed E-state index contributed by atoms with van der Waals surface area (Å²) in [6, 6.07) is 17.6. The Balaban J connectivity index is 1.74. The second-order valence-electron chi connectivity index (χ2n) is 7.97. The summed E-state index contributed by atoms with van der Waals surface area (Å²) in [5, 5.41) is 0. The minimum absolute atomic E-state index is 0.326. The Hall–Kier alpha value is -2.71. The van der Waals surface area contributed by atoms with Gasteiger partial charge in [-0.2, -0.15) is 0 Å². The number of rotatable bonds is 1. The zero-order valence-electron chi connectivity index (χ0n) is 16.0. The number of aromatic nitrogens is 1. The normalized spacial score (nSPS) is 20.6. The van der Waals surface area contributed by atoms with Crippen molar-refractivity contribution < 1.29 is 0 Å². The lowest BCUT2D eigenvalue weighted by atomic mass is 9.67. The summed E-state index contributed by atoms with van der Waals surface area (Å²) >= 11 is 3.58. The van der Waals surface area contributed by atoms with Gasteiger partial charge in [0.2, 0.25) is 0 Å². The van der Waals surface area contributed by atoms with E-state index in [1.807, 2.05) is 0 Å². The molecule has 0 saturated carbocycles. The maximum atomic E-state index is 5.23. The second-order valence-corrected chi connectivity index (χ2v) is 8.89. The molecule has 0 fully saturated rings. The van der Waals surface area contributed by atoms with E-state index in [1.54, 1.807) is 0 Å². The van der Waals surface area contributed by atoms with Gasteiger partial charge in [-0.25, -0.2) is 4.98 Å². The van der Waals surface area contributed by atoms with Crippen LogP contribution in [0.2, 0.25) is 0 Å². The number of fused-ring (bicyclic) bond motifs is 8. The van der Waals surface area contributed by atoms with E-state index in [-0.39, 0.29) is 0 Å². The Morgan fingerprint density at radius 1 is 0.897 bits per heavy atom. The Kier molecular flexibility index (Phi) is 3.95. The smallest absolute Gasteiger partial charge is 0.0753 e. The first-order valence-corrected chi connectivity index (χ1v) is 11.0. The summed E-state index contributed by atoms with van der Waals surface area (Å²) in [6.07, 6.45) is 15.7. The van der Waals surface area contributed by atoms with E-state index in [9.17, 15) is 0 Å². The molecule has 0 aliphatic heterocycles. The number of nitrogens with zero attached hydrogens (tertiary/aromatic N) is 1. The highest BCUT2D eigenvalue weighted by molar-refractivity contribution is 9.10. The standard InChI is InChI=1S/C27H20BrN/c28-18-15-13-17(14-16-18)27-26-22-10-4-2-8-20(22)19-7-1-3-9-21(19)25(26)23-11-5-6-12-24(23)29-27/h1-4,6-10,12-16,20,22H,5,11H2. The highest BCUT2D eigenvalue weighted by Gasteiger charge is 2.36. The minimum Gasteiger partial charge on any atom is -0.248 e. The van der Waals surface area contributed by atoms with Crippen LogP contribution in [0.4, 0.5) is 0 Å². The first-order chi connectivity index (χ1) is 14.3. The van der Waals surface area contributed by atoms with Gasteiger partial charge in [-0.05, 0) is 58.9 Å². The van der Waals surface area contributed by atoms with Crippen molar-refractivity contribution in [1.29, 1.82) is 0 Å². The van der Waals surface area contributed by atoms with Crippen LogP contribution < -0.4 is 0 Å². The molecule has 0 amide bonds. The fraction of sp³-hybridized carbons (Fsp3) is 0.148. The molecule has 0 spiro atoms. The fourth-order valence-electron chi connectivity index (χ4n) is 5.13. The molecule has 29 heavy (non-hydrogen) atoms. The van der Waals surface area contributed by atoms with Crippen LogP contribution in [-0.4, -0.2) is 4.98 Å². The van der Waals surface area contributed by atoms with E-state index in [2.05, 4.69) is 101 Å². The van der Waals surface area contributed by atoms with E-state index in [0.29, 0.717) is 11.8 Å². The minimum atomic E-state index is 0.326. The van der Waals surface area contributed by atoms with Crippen LogP contribution in [0.1, 0.15) is 40.6 Å². The summed E-state index contributed by atoms with van der Waals surface area (Å²) < 4.78 is 1.09. The third-order valence-corrected chi connectivity index (χ3v) is 6.91. The van der Waals surface area contributed by atoms with Gasteiger partial charge in [-0.15, -0.1) is 0 Å². The van der Waals surface area contributed by atoms with Crippen LogP contribution in [0.25, 0.3) is 28.5 Å². The summed E-state index contributed by atoms with van der Waals surface area (Å²) in [6.45, 7) is 0. The molecule has 1 aromatic heterocycles. The monoisotopic (exact) mass is 437 g/mol. The molecule has 3 aliphatic rings. The summed E-state index contributed by atoms with van der Waals surface area (Å²) in [5.74, 6) is 0.698. The van der Waals surface area contributed by atoms with Gasteiger partial charge >= 0.3 is 0 Å². The van der Waals surface area contributed by atoms with Gasteiger partial charge < -0.3 is 0 Å². The predicted molar refractivity (Wildman–Crippen MR) is 124 cm³/mol. The molecule has 2 heteroatoms. The maximum Gasteiger partial charge on any atom is 0.0753 e. The van der Waals surface area contributed by atoms with Crippen LogP contribution in [0.5, 0.6) is 0 Å². The van der Waals surface area contributed by atoms with Crippen LogP contribution in [-0.2, 0) is 6.42 Å². The van der Waals surface area contributed by atoms with Crippen LogP contribution in [0, 0.1) is 0 Å². The molecule has 2 atom stereocenters. The van der Waals surface area contributed by atoms with Crippen molar-refractivity contribution in [1.82, 2.24) is 4.98 Å². The van der Waals surface area contributed by atoms with Crippen molar-refractivity contribution in [3.63, 3.8) is 0 Å². The third-order valence-electron chi connectivity index (χ3n) is 6.38. The van der Waals surface area contributed by atoms with Crippen molar-refractivity contribution in [2.24, 2.45) is 0 Å². The molecule has 1 nitrogen and oxygen atoms in total. The van der Waals surface area contributed by atoms with Crippen molar-refractivity contribution in [3.8, 4) is 22.4 Å². The molecular formula is C27H20BrN. The molecule has 6 rings (SSSR count). The van der Waals surface area contributed by atoms with E-state index < -0.39 is 0 Å². The topological polar surface area (TPSA) is 12.9 Å². The average Bonchev–Trinajstić information content (AvgIpc) is 2.79. The molecule has 3 aliphatic carbocycles. The molecule has 2 unspecified atom stereocenters. The number of pyridine rings is 1. The van der Waals surface area contributed by atoms with Crippen molar-refractivity contribution in [3.05, 3.63) is 106 Å². The van der Waals surface area contributed by atoms with E-state index in [0.717, 1.165) is 28.7 Å². The lowest BCUT2D eigenvalue weighted by Gasteiger charge is -2.37. The van der Waals surface area contributed by atoms with Crippen LogP contribution in [0.15, 0.2) is 83.4 Å². The zero-order chi connectivity index (χ0) is 19.4. The molecule has 0 N–H and O–H groups in total.